The van der Waals surface area contributed by atoms with Crippen molar-refractivity contribution in [3.05, 3.63) is 34.9 Å². The maximum Gasteiger partial charge on any atom is 0.236 e. The summed E-state index contributed by atoms with van der Waals surface area (Å²) in [5, 5.41) is 0.704. The Morgan fingerprint density at radius 1 is 1.26 bits per heavy atom. The third kappa shape index (κ3) is 6.11. The predicted molar refractivity (Wildman–Crippen MR) is 92.7 cm³/mol. The van der Waals surface area contributed by atoms with Crippen LogP contribution in [0.15, 0.2) is 24.3 Å². The molecule has 23 heavy (non-hydrogen) atoms. The second-order valence-corrected chi connectivity index (χ2v) is 6.43. The van der Waals surface area contributed by atoms with Crippen LogP contribution in [0.5, 0.6) is 0 Å². The SMILES string of the molecule is COCCN1CCN(CC(=O)N(C)Cc2cccc(Cl)c2)CC1. The highest BCUT2D eigenvalue weighted by molar-refractivity contribution is 6.30. The summed E-state index contributed by atoms with van der Waals surface area (Å²) in [7, 11) is 3.57. The molecule has 0 unspecified atom stereocenters. The number of rotatable bonds is 7. The molecule has 6 heteroatoms. The number of hydrogen-bond acceptors (Lipinski definition) is 4. The van der Waals surface area contributed by atoms with Gasteiger partial charge in [-0.1, -0.05) is 23.7 Å². The monoisotopic (exact) mass is 339 g/mol. The lowest BCUT2D eigenvalue weighted by Crippen LogP contribution is -2.50. The molecule has 1 saturated heterocycles. The van der Waals surface area contributed by atoms with E-state index in [9.17, 15) is 4.79 Å². The summed E-state index contributed by atoms with van der Waals surface area (Å²) < 4.78 is 5.11. The van der Waals surface area contributed by atoms with E-state index in [1.165, 1.54) is 0 Å². The van der Waals surface area contributed by atoms with Gasteiger partial charge in [0.05, 0.1) is 13.2 Å². The molecule has 1 aromatic carbocycles. The molecule has 0 atom stereocenters. The molecule has 1 aliphatic rings. The van der Waals surface area contributed by atoms with Crippen LogP contribution < -0.4 is 0 Å². The van der Waals surface area contributed by atoms with Crippen molar-refractivity contribution in [2.45, 2.75) is 6.54 Å². The first-order valence-corrected chi connectivity index (χ1v) is 8.38. The van der Waals surface area contributed by atoms with Crippen LogP contribution in [0.4, 0.5) is 0 Å². The standard InChI is InChI=1S/C17H26ClN3O2/c1-19(13-15-4-3-5-16(18)12-15)17(22)14-21-8-6-20(7-9-21)10-11-23-2/h3-5,12H,6-11,13-14H2,1-2H3. The molecule has 0 bridgehead atoms. The molecular formula is C17H26ClN3O2. The summed E-state index contributed by atoms with van der Waals surface area (Å²) in [6, 6.07) is 7.65. The van der Waals surface area contributed by atoms with Crippen molar-refractivity contribution in [1.82, 2.24) is 14.7 Å². The smallest absolute Gasteiger partial charge is 0.236 e. The van der Waals surface area contributed by atoms with Gasteiger partial charge in [-0.05, 0) is 17.7 Å². The van der Waals surface area contributed by atoms with E-state index < -0.39 is 0 Å². The van der Waals surface area contributed by atoms with Crippen molar-refractivity contribution in [1.29, 1.82) is 0 Å². The minimum Gasteiger partial charge on any atom is -0.383 e. The Labute approximate surface area is 143 Å². The zero-order valence-corrected chi connectivity index (χ0v) is 14.8. The van der Waals surface area contributed by atoms with Gasteiger partial charge in [0.15, 0.2) is 0 Å². The van der Waals surface area contributed by atoms with Crippen LogP contribution in [0.1, 0.15) is 5.56 Å². The molecule has 2 rings (SSSR count). The molecule has 1 aliphatic heterocycles. The van der Waals surface area contributed by atoms with E-state index in [4.69, 9.17) is 16.3 Å². The highest BCUT2D eigenvalue weighted by atomic mass is 35.5. The zero-order chi connectivity index (χ0) is 16.7. The Kier molecular flexibility index (Phi) is 7.30. The largest absolute Gasteiger partial charge is 0.383 e. The van der Waals surface area contributed by atoms with Crippen LogP contribution in [0, 0.1) is 0 Å². The Bertz CT molecular complexity index is 504. The molecule has 1 amide bonds. The molecule has 0 aromatic heterocycles. The van der Waals surface area contributed by atoms with E-state index in [0.717, 1.165) is 44.9 Å². The summed E-state index contributed by atoms with van der Waals surface area (Å²) in [6.07, 6.45) is 0. The van der Waals surface area contributed by atoms with Crippen molar-refractivity contribution in [3.8, 4) is 0 Å². The van der Waals surface area contributed by atoms with Gasteiger partial charge in [-0.25, -0.2) is 0 Å². The van der Waals surface area contributed by atoms with Crippen LogP contribution in [0.3, 0.4) is 0 Å². The fourth-order valence-electron chi connectivity index (χ4n) is 2.70. The van der Waals surface area contributed by atoms with E-state index in [-0.39, 0.29) is 5.91 Å². The lowest BCUT2D eigenvalue weighted by molar-refractivity contribution is -0.132. The molecule has 0 aliphatic carbocycles. The Morgan fingerprint density at radius 3 is 2.61 bits per heavy atom. The van der Waals surface area contributed by atoms with Crippen LogP contribution in [0.25, 0.3) is 0 Å². The highest BCUT2D eigenvalue weighted by Crippen LogP contribution is 2.12. The number of likely N-dealkylation sites (N-methyl/N-ethyl adjacent to an activating group) is 1. The van der Waals surface area contributed by atoms with Gasteiger partial charge in [0.1, 0.15) is 0 Å². The second kappa shape index (κ2) is 9.23. The first-order valence-electron chi connectivity index (χ1n) is 8.00. The van der Waals surface area contributed by atoms with E-state index in [0.29, 0.717) is 18.1 Å². The first-order chi connectivity index (χ1) is 11.1. The number of ether oxygens (including phenoxy) is 1. The Morgan fingerprint density at radius 2 is 1.96 bits per heavy atom. The molecule has 0 spiro atoms. The molecule has 0 N–H and O–H groups in total. The van der Waals surface area contributed by atoms with Gasteiger partial charge in [0.2, 0.25) is 5.91 Å². The van der Waals surface area contributed by atoms with Gasteiger partial charge in [0.25, 0.3) is 0 Å². The van der Waals surface area contributed by atoms with Gasteiger partial charge in [0, 0.05) is 58.4 Å². The van der Waals surface area contributed by atoms with Crippen molar-refractivity contribution in [2.24, 2.45) is 0 Å². The van der Waals surface area contributed by atoms with Crippen LogP contribution in [-0.2, 0) is 16.1 Å². The third-order valence-electron chi connectivity index (χ3n) is 4.17. The summed E-state index contributed by atoms with van der Waals surface area (Å²) in [5.74, 6) is 0.148. The van der Waals surface area contributed by atoms with Crippen molar-refractivity contribution < 1.29 is 9.53 Å². The molecule has 0 radical (unpaired) electrons. The van der Waals surface area contributed by atoms with Crippen LogP contribution in [-0.4, -0.2) is 80.6 Å². The number of piperazine rings is 1. The summed E-state index contributed by atoms with van der Waals surface area (Å²) >= 11 is 5.99. The minimum absolute atomic E-state index is 0.148. The number of halogens is 1. The lowest BCUT2D eigenvalue weighted by atomic mass is 10.2. The van der Waals surface area contributed by atoms with E-state index >= 15 is 0 Å². The van der Waals surface area contributed by atoms with Gasteiger partial charge in [-0.15, -0.1) is 0 Å². The average Bonchev–Trinajstić information content (AvgIpc) is 2.54. The maximum absolute atomic E-state index is 12.4. The van der Waals surface area contributed by atoms with Crippen molar-refractivity contribution in [2.75, 3.05) is 60.0 Å². The molecule has 0 saturated carbocycles. The summed E-state index contributed by atoms with van der Waals surface area (Å²) in [5.41, 5.74) is 1.05. The number of methoxy groups -OCH3 is 1. The topological polar surface area (TPSA) is 36.0 Å². The van der Waals surface area contributed by atoms with Gasteiger partial charge < -0.3 is 9.64 Å². The Balaban J connectivity index is 1.74. The minimum atomic E-state index is 0.148. The maximum atomic E-state index is 12.4. The number of amides is 1. The average molecular weight is 340 g/mol. The fourth-order valence-corrected chi connectivity index (χ4v) is 2.91. The molecule has 5 nitrogen and oxygen atoms in total. The number of carbonyl (C=O) groups excluding carboxylic acids is 1. The number of carbonyl (C=O) groups is 1. The molecule has 128 valence electrons. The number of hydrogen-bond donors (Lipinski definition) is 0. The first kappa shape index (κ1) is 18.2. The molecule has 1 aromatic rings. The lowest BCUT2D eigenvalue weighted by Gasteiger charge is -2.34. The second-order valence-electron chi connectivity index (χ2n) is 5.99. The van der Waals surface area contributed by atoms with Crippen molar-refractivity contribution >= 4 is 17.5 Å². The van der Waals surface area contributed by atoms with Crippen LogP contribution >= 0.6 is 11.6 Å². The number of nitrogens with zero attached hydrogens (tertiary/aromatic N) is 3. The third-order valence-corrected chi connectivity index (χ3v) is 4.41. The zero-order valence-electron chi connectivity index (χ0n) is 14.0. The molecule has 1 fully saturated rings. The molecule has 1 heterocycles. The van der Waals surface area contributed by atoms with Gasteiger partial charge >= 0.3 is 0 Å². The fraction of sp³-hybridized carbons (Fsp3) is 0.588. The number of benzene rings is 1. The highest BCUT2D eigenvalue weighted by Gasteiger charge is 2.20. The quantitative estimate of drug-likeness (QED) is 0.755. The Hall–Kier alpha value is -1.14. The van der Waals surface area contributed by atoms with Gasteiger partial charge in [-0.3, -0.25) is 14.6 Å². The molecular weight excluding hydrogens is 314 g/mol. The summed E-state index contributed by atoms with van der Waals surface area (Å²) in [6.45, 7) is 6.65. The van der Waals surface area contributed by atoms with Gasteiger partial charge in [-0.2, -0.15) is 0 Å². The normalized spacial score (nSPS) is 16.5. The summed E-state index contributed by atoms with van der Waals surface area (Å²) in [4.78, 5) is 18.7. The van der Waals surface area contributed by atoms with E-state index in [1.54, 1.807) is 12.0 Å². The van der Waals surface area contributed by atoms with Crippen molar-refractivity contribution in [3.63, 3.8) is 0 Å². The van der Waals surface area contributed by atoms with E-state index in [1.807, 2.05) is 31.3 Å². The predicted octanol–water partition coefficient (Wildman–Crippen LogP) is 1.56. The van der Waals surface area contributed by atoms with E-state index in [2.05, 4.69) is 9.80 Å². The van der Waals surface area contributed by atoms with Crippen LogP contribution in [0.2, 0.25) is 5.02 Å².